The van der Waals surface area contributed by atoms with E-state index in [2.05, 4.69) is 181 Å². The van der Waals surface area contributed by atoms with E-state index in [1.54, 1.807) is 0 Å². The first-order valence-corrected chi connectivity index (χ1v) is 18.2. The van der Waals surface area contributed by atoms with Gasteiger partial charge in [-0.25, -0.2) is 0 Å². The van der Waals surface area contributed by atoms with Crippen molar-refractivity contribution in [2.75, 3.05) is 4.90 Å². The van der Waals surface area contributed by atoms with E-state index >= 15 is 0 Å². The van der Waals surface area contributed by atoms with Crippen LogP contribution in [0.4, 0.5) is 17.1 Å². The van der Waals surface area contributed by atoms with Crippen LogP contribution in [0.25, 0.3) is 73.4 Å². The third kappa shape index (κ3) is 4.58. The lowest BCUT2D eigenvalue weighted by Crippen LogP contribution is -2.10. The van der Waals surface area contributed by atoms with Gasteiger partial charge in [-0.05, 0) is 64.0 Å². The maximum Gasteiger partial charge on any atom is 0.0640 e. The van der Waals surface area contributed by atoms with Gasteiger partial charge in [-0.2, -0.15) is 0 Å². The molecule has 0 saturated heterocycles. The molecule has 10 rings (SSSR count). The van der Waals surface area contributed by atoms with Gasteiger partial charge < -0.3 is 4.90 Å². The van der Waals surface area contributed by atoms with Crippen LogP contribution >= 0.6 is 22.7 Å². The van der Waals surface area contributed by atoms with Crippen LogP contribution in [0.1, 0.15) is 0 Å². The van der Waals surface area contributed by atoms with Crippen molar-refractivity contribution in [2.45, 2.75) is 0 Å². The highest BCUT2D eigenvalue weighted by Gasteiger charge is 2.22. The summed E-state index contributed by atoms with van der Waals surface area (Å²) in [6.45, 7) is 0. The van der Waals surface area contributed by atoms with E-state index in [4.69, 9.17) is 0 Å². The maximum absolute atomic E-state index is 2.50. The molecule has 49 heavy (non-hydrogen) atoms. The molecule has 0 bridgehead atoms. The van der Waals surface area contributed by atoms with Gasteiger partial charge in [-0.3, -0.25) is 0 Å². The minimum atomic E-state index is 1.15. The third-order valence-electron chi connectivity index (χ3n) is 9.67. The number of rotatable bonds is 5. The van der Waals surface area contributed by atoms with Crippen LogP contribution < -0.4 is 4.90 Å². The minimum Gasteiger partial charge on any atom is -0.308 e. The van der Waals surface area contributed by atoms with E-state index in [0.717, 1.165) is 5.69 Å². The topological polar surface area (TPSA) is 3.24 Å². The van der Waals surface area contributed by atoms with Crippen molar-refractivity contribution in [3.63, 3.8) is 0 Å². The monoisotopic (exact) mass is 659 g/mol. The van der Waals surface area contributed by atoms with E-state index < -0.39 is 0 Å². The lowest BCUT2D eigenvalue weighted by atomic mass is 9.96. The van der Waals surface area contributed by atoms with Crippen LogP contribution in [0, 0.1) is 0 Å². The van der Waals surface area contributed by atoms with Crippen LogP contribution in [-0.4, -0.2) is 0 Å². The van der Waals surface area contributed by atoms with Gasteiger partial charge in [0.1, 0.15) is 0 Å². The Hall–Kier alpha value is -5.74. The summed E-state index contributed by atoms with van der Waals surface area (Å²) in [5, 5.41) is 7.65. The van der Waals surface area contributed by atoms with Crippen molar-refractivity contribution in [3.05, 3.63) is 176 Å². The summed E-state index contributed by atoms with van der Waals surface area (Å²) in [6, 6.07) is 64.3. The van der Waals surface area contributed by atoms with Gasteiger partial charge >= 0.3 is 0 Å². The average molecular weight is 660 g/mol. The molecule has 8 aromatic carbocycles. The fraction of sp³-hybridized carbons (Fsp3) is 0. The first-order valence-electron chi connectivity index (χ1n) is 16.6. The van der Waals surface area contributed by atoms with E-state index in [0.29, 0.717) is 0 Å². The first kappa shape index (κ1) is 28.3. The molecule has 0 aliphatic carbocycles. The van der Waals surface area contributed by atoms with Crippen LogP contribution in [0.15, 0.2) is 176 Å². The predicted molar refractivity (Wildman–Crippen MR) is 215 cm³/mol. The van der Waals surface area contributed by atoms with Crippen LogP contribution in [0.5, 0.6) is 0 Å². The van der Waals surface area contributed by atoms with Crippen molar-refractivity contribution >= 4 is 90.9 Å². The van der Waals surface area contributed by atoms with Crippen LogP contribution in [-0.2, 0) is 0 Å². The summed E-state index contributed by atoms with van der Waals surface area (Å²) in [5.74, 6) is 0. The van der Waals surface area contributed by atoms with Crippen molar-refractivity contribution in [3.8, 4) is 22.3 Å². The SMILES string of the molecule is c1ccc(-c2ccc(N(c3ccc4sc5ccccc5c4c3)c3cccc4c3sc3c(-c5ccccc5)cccc34)c3ccccc23)cc1. The molecule has 0 aliphatic heterocycles. The van der Waals surface area contributed by atoms with E-state index in [9.17, 15) is 0 Å². The third-order valence-corrected chi connectivity index (χ3v) is 12.1. The molecule has 0 atom stereocenters. The smallest absolute Gasteiger partial charge is 0.0640 e. The molecule has 10 aromatic rings. The van der Waals surface area contributed by atoms with Crippen LogP contribution in [0.2, 0.25) is 0 Å². The number of nitrogens with zero attached hydrogens (tertiary/aromatic N) is 1. The zero-order valence-corrected chi connectivity index (χ0v) is 28.1. The average Bonchev–Trinajstić information content (AvgIpc) is 3.74. The Morgan fingerprint density at radius 2 is 0.939 bits per heavy atom. The first-order chi connectivity index (χ1) is 24.3. The van der Waals surface area contributed by atoms with Crippen molar-refractivity contribution in [2.24, 2.45) is 0 Å². The van der Waals surface area contributed by atoms with Gasteiger partial charge in [0.2, 0.25) is 0 Å². The van der Waals surface area contributed by atoms with E-state index in [1.165, 1.54) is 84.7 Å². The fourth-order valence-electron chi connectivity index (χ4n) is 7.44. The quantitative estimate of drug-likeness (QED) is 0.178. The summed E-state index contributed by atoms with van der Waals surface area (Å²) < 4.78 is 5.23. The molecule has 0 N–H and O–H groups in total. The van der Waals surface area contributed by atoms with Gasteiger partial charge in [0.15, 0.2) is 0 Å². The lowest BCUT2D eigenvalue weighted by molar-refractivity contribution is 1.32. The molecular weight excluding hydrogens is 631 g/mol. The van der Waals surface area contributed by atoms with Crippen molar-refractivity contribution in [1.82, 2.24) is 0 Å². The molecule has 1 nitrogen and oxygen atoms in total. The van der Waals surface area contributed by atoms with Gasteiger partial charge in [-0.1, -0.05) is 140 Å². The lowest BCUT2D eigenvalue weighted by Gasteiger charge is -2.28. The second kappa shape index (κ2) is 11.5. The molecule has 0 spiro atoms. The second-order valence-electron chi connectivity index (χ2n) is 12.5. The van der Waals surface area contributed by atoms with Gasteiger partial charge in [0, 0.05) is 46.7 Å². The summed E-state index contributed by atoms with van der Waals surface area (Å²) in [6.07, 6.45) is 0. The van der Waals surface area contributed by atoms with E-state index in [1.807, 2.05) is 22.7 Å². The van der Waals surface area contributed by atoms with E-state index in [-0.39, 0.29) is 0 Å². The Balaban J connectivity index is 1.28. The summed E-state index contributed by atoms with van der Waals surface area (Å²) in [7, 11) is 0. The summed E-state index contributed by atoms with van der Waals surface area (Å²) in [4.78, 5) is 2.50. The van der Waals surface area contributed by atoms with Crippen LogP contribution in [0.3, 0.4) is 0 Å². The molecule has 3 heteroatoms. The number of thiophene rings is 2. The molecular formula is C46H29NS2. The van der Waals surface area contributed by atoms with Crippen molar-refractivity contribution < 1.29 is 0 Å². The molecule has 0 amide bonds. The Labute approximate surface area is 292 Å². The number of hydrogen-bond donors (Lipinski definition) is 0. The molecule has 0 fully saturated rings. The normalized spacial score (nSPS) is 11.7. The largest absolute Gasteiger partial charge is 0.308 e. The molecule has 0 unspecified atom stereocenters. The summed E-state index contributed by atoms with van der Waals surface area (Å²) >= 11 is 3.77. The highest BCUT2D eigenvalue weighted by molar-refractivity contribution is 7.27. The molecule has 0 saturated carbocycles. The molecule has 0 aliphatic rings. The van der Waals surface area contributed by atoms with Gasteiger partial charge in [-0.15, -0.1) is 22.7 Å². The number of anilines is 3. The number of hydrogen-bond acceptors (Lipinski definition) is 3. The second-order valence-corrected chi connectivity index (χ2v) is 14.6. The Kier molecular flexibility index (Phi) is 6.61. The zero-order chi connectivity index (χ0) is 32.3. The Morgan fingerprint density at radius 3 is 1.73 bits per heavy atom. The Morgan fingerprint density at radius 1 is 0.327 bits per heavy atom. The number of benzene rings is 8. The van der Waals surface area contributed by atoms with Crippen molar-refractivity contribution in [1.29, 1.82) is 0 Å². The summed E-state index contributed by atoms with van der Waals surface area (Å²) in [5.41, 5.74) is 8.50. The fourth-order valence-corrected chi connectivity index (χ4v) is 9.86. The van der Waals surface area contributed by atoms with Gasteiger partial charge in [0.05, 0.1) is 16.1 Å². The zero-order valence-electron chi connectivity index (χ0n) is 26.5. The maximum atomic E-state index is 2.50. The molecule has 0 radical (unpaired) electrons. The molecule has 230 valence electrons. The predicted octanol–water partition coefficient (Wildman–Crippen LogP) is 14.4. The standard InChI is InChI=1S/C46H29NS2/c1-3-13-30(14-4-1)33-26-27-41(36-18-8-7-17-35(33)36)47(32-25-28-44-40(29-32)37-19-9-10-24-43(37)48-44)42-23-12-22-39-38-21-11-20-34(45(38)49-46(39)42)31-15-5-2-6-16-31/h1-29H. The molecule has 2 heterocycles. The van der Waals surface area contributed by atoms with Gasteiger partial charge in [0.25, 0.3) is 0 Å². The Bertz CT molecular complexity index is 2830. The highest BCUT2D eigenvalue weighted by Crippen LogP contribution is 2.49. The number of fused-ring (bicyclic) bond motifs is 7. The molecule has 2 aromatic heterocycles. The minimum absolute atomic E-state index is 1.15. The highest BCUT2D eigenvalue weighted by atomic mass is 32.1.